The summed E-state index contributed by atoms with van der Waals surface area (Å²) in [4.78, 5) is 29.1. The number of benzene rings is 2. The Hall–Kier alpha value is -3.99. The normalized spacial score (nSPS) is 10.3. The van der Waals surface area contributed by atoms with Gasteiger partial charge in [0.05, 0.1) is 17.8 Å². The molecule has 0 fully saturated rings. The minimum absolute atomic E-state index is 0.00722. The van der Waals surface area contributed by atoms with E-state index in [0.717, 1.165) is 0 Å². The highest BCUT2D eigenvalue weighted by atomic mass is 19.1. The summed E-state index contributed by atoms with van der Waals surface area (Å²) in [6.45, 7) is 0.160. The van der Waals surface area contributed by atoms with E-state index in [2.05, 4.69) is 10.9 Å². The van der Waals surface area contributed by atoms with Crippen molar-refractivity contribution in [3.05, 3.63) is 88.2 Å². The summed E-state index contributed by atoms with van der Waals surface area (Å²) in [5.74, 6) is 1.57. The molecule has 8 heteroatoms. The lowest BCUT2D eigenvalue weighted by atomic mass is 10.1. The molecule has 0 saturated carbocycles. The number of rotatable bonds is 6. The molecule has 3 rings (SSSR count). The van der Waals surface area contributed by atoms with E-state index in [4.69, 9.17) is 6.42 Å². The van der Waals surface area contributed by atoms with E-state index in [1.807, 2.05) is 0 Å². The molecule has 0 unspecified atom stereocenters. The van der Waals surface area contributed by atoms with E-state index in [1.54, 1.807) is 18.3 Å². The van der Waals surface area contributed by atoms with Crippen LogP contribution in [0.5, 0.6) is 0 Å². The van der Waals surface area contributed by atoms with Crippen molar-refractivity contribution in [2.75, 3.05) is 6.54 Å². The molecule has 0 atom stereocenters. The molecule has 0 saturated heterocycles. The van der Waals surface area contributed by atoms with Gasteiger partial charge in [0.2, 0.25) is 0 Å². The Kier molecular flexibility index (Phi) is 5.46. The smallest absolute Gasteiger partial charge is 0.294 e. The zero-order valence-electron chi connectivity index (χ0n) is 14.7. The number of carbonyl (C=O) groups is 1. The maximum atomic E-state index is 13.1. The molecular formula is C20H15FN4O3. The van der Waals surface area contributed by atoms with Crippen LogP contribution in [0, 0.1) is 28.3 Å². The third-order valence-corrected chi connectivity index (χ3v) is 4.06. The van der Waals surface area contributed by atoms with Crippen LogP contribution < -0.4 is 0 Å². The van der Waals surface area contributed by atoms with Crippen LogP contribution in [0.15, 0.2) is 61.2 Å². The monoisotopic (exact) mass is 378 g/mol. The predicted molar refractivity (Wildman–Crippen MR) is 100 cm³/mol. The number of nitrogens with zero attached hydrogens (tertiary/aromatic N) is 4. The minimum atomic E-state index is -0.558. The van der Waals surface area contributed by atoms with Crippen molar-refractivity contribution in [2.45, 2.75) is 6.54 Å². The van der Waals surface area contributed by atoms with Crippen molar-refractivity contribution in [1.29, 1.82) is 0 Å². The second-order valence-corrected chi connectivity index (χ2v) is 5.92. The molecule has 0 N–H and O–H groups in total. The fourth-order valence-corrected chi connectivity index (χ4v) is 2.73. The molecule has 1 heterocycles. The standard InChI is InChI=1S/C20H15FN4O3/c1-2-10-23(13-15-3-6-17(21)7-4-15)20(26)16-5-8-18(19(12-16)25(27)28)24-11-9-22-14-24/h1,3-9,11-12,14H,10,13H2. The highest BCUT2D eigenvalue weighted by molar-refractivity contribution is 5.95. The molecule has 0 bridgehead atoms. The zero-order chi connectivity index (χ0) is 20.1. The van der Waals surface area contributed by atoms with Crippen molar-refractivity contribution in [3.8, 4) is 18.0 Å². The summed E-state index contributed by atoms with van der Waals surface area (Å²) in [6.07, 6.45) is 9.87. The fourth-order valence-electron chi connectivity index (χ4n) is 2.73. The highest BCUT2D eigenvalue weighted by Crippen LogP contribution is 2.25. The third-order valence-electron chi connectivity index (χ3n) is 4.06. The van der Waals surface area contributed by atoms with Crippen LogP contribution in [0.3, 0.4) is 0 Å². The summed E-state index contributed by atoms with van der Waals surface area (Å²) in [5, 5.41) is 11.5. The van der Waals surface area contributed by atoms with Crippen molar-refractivity contribution in [3.63, 3.8) is 0 Å². The summed E-state index contributed by atoms with van der Waals surface area (Å²) in [7, 11) is 0. The molecule has 1 aromatic heterocycles. The summed E-state index contributed by atoms with van der Waals surface area (Å²) < 4.78 is 14.6. The first-order chi connectivity index (χ1) is 13.5. The van der Waals surface area contributed by atoms with Gasteiger partial charge in [0.1, 0.15) is 11.5 Å². The SMILES string of the molecule is C#CCN(Cc1ccc(F)cc1)C(=O)c1ccc(-n2ccnc2)c([N+](=O)[O-])c1. The molecule has 0 aliphatic carbocycles. The number of terminal acetylenes is 1. The minimum Gasteiger partial charge on any atom is -0.323 e. The zero-order valence-corrected chi connectivity index (χ0v) is 14.7. The fraction of sp³-hybridized carbons (Fsp3) is 0.100. The lowest BCUT2D eigenvalue weighted by molar-refractivity contribution is -0.384. The number of carbonyl (C=O) groups excluding carboxylic acids is 1. The molecule has 0 aliphatic heterocycles. The van der Waals surface area contributed by atoms with Crippen LogP contribution in [0.4, 0.5) is 10.1 Å². The van der Waals surface area contributed by atoms with Crippen LogP contribution in [0.1, 0.15) is 15.9 Å². The average Bonchev–Trinajstić information content (AvgIpc) is 3.23. The van der Waals surface area contributed by atoms with Crippen LogP contribution >= 0.6 is 0 Å². The first-order valence-corrected chi connectivity index (χ1v) is 8.23. The Morgan fingerprint density at radius 2 is 2.04 bits per heavy atom. The Balaban J connectivity index is 1.92. The van der Waals surface area contributed by atoms with Gasteiger partial charge in [0.25, 0.3) is 11.6 Å². The number of imidazole rings is 1. The summed E-state index contributed by atoms with van der Waals surface area (Å²) in [5.41, 5.74) is 0.884. The van der Waals surface area contributed by atoms with Crippen LogP contribution in [0.2, 0.25) is 0 Å². The lowest BCUT2D eigenvalue weighted by Gasteiger charge is -2.20. The van der Waals surface area contributed by atoms with Gasteiger partial charge in [-0.1, -0.05) is 18.1 Å². The van der Waals surface area contributed by atoms with Crippen LogP contribution in [0.25, 0.3) is 5.69 Å². The van der Waals surface area contributed by atoms with Gasteiger partial charge >= 0.3 is 0 Å². The largest absolute Gasteiger partial charge is 0.323 e. The Morgan fingerprint density at radius 1 is 1.29 bits per heavy atom. The highest BCUT2D eigenvalue weighted by Gasteiger charge is 2.22. The number of hydrogen-bond donors (Lipinski definition) is 0. The Labute approximate surface area is 160 Å². The average molecular weight is 378 g/mol. The van der Waals surface area contributed by atoms with Gasteiger partial charge in [0.15, 0.2) is 0 Å². The molecule has 0 spiro atoms. The first kappa shape index (κ1) is 18.8. The van der Waals surface area contributed by atoms with Gasteiger partial charge in [-0.2, -0.15) is 0 Å². The number of halogens is 1. The Morgan fingerprint density at radius 3 is 2.64 bits per heavy atom. The van der Waals surface area contributed by atoms with E-state index in [1.165, 1.54) is 52.3 Å². The van der Waals surface area contributed by atoms with E-state index < -0.39 is 10.8 Å². The van der Waals surface area contributed by atoms with Gasteiger partial charge in [0, 0.05) is 30.6 Å². The van der Waals surface area contributed by atoms with Gasteiger partial charge in [-0.05, 0) is 29.8 Å². The van der Waals surface area contributed by atoms with Gasteiger partial charge < -0.3 is 9.47 Å². The Bertz CT molecular complexity index is 1040. The van der Waals surface area contributed by atoms with Crippen LogP contribution in [-0.4, -0.2) is 31.8 Å². The molecule has 1 amide bonds. The molecule has 3 aromatic rings. The molecule has 0 radical (unpaired) electrons. The topological polar surface area (TPSA) is 81.3 Å². The predicted octanol–water partition coefficient (Wildman–Crippen LogP) is 3.20. The van der Waals surface area contributed by atoms with Crippen LogP contribution in [-0.2, 0) is 6.54 Å². The molecule has 7 nitrogen and oxygen atoms in total. The van der Waals surface area contributed by atoms with Gasteiger partial charge in [-0.25, -0.2) is 9.37 Å². The van der Waals surface area contributed by atoms with Gasteiger partial charge in [-0.15, -0.1) is 6.42 Å². The second-order valence-electron chi connectivity index (χ2n) is 5.92. The molecular weight excluding hydrogens is 363 g/mol. The van der Waals surface area contributed by atoms with Crippen molar-refractivity contribution in [2.24, 2.45) is 0 Å². The molecule has 0 aliphatic rings. The quantitative estimate of drug-likeness (QED) is 0.375. The summed E-state index contributed by atoms with van der Waals surface area (Å²) >= 11 is 0. The van der Waals surface area contributed by atoms with Crippen molar-refractivity contribution < 1.29 is 14.1 Å². The molecule has 28 heavy (non-hydrogen) atoms. The third kappa shape index (κ3) is 4.04. The number of nitro benzene ring substituents is 1. The van der Waals surface area contributed by atoms with E-state index >= 15 is 0 Å². The molecule has 140 valence electrons. The first-order valence-electron chi connectivity index (χ1n) is 8.23. The number of aromatic nitrogens is 2. The van der Waals surface area contributed by atoms with Crippen molar-refractivity contribution >= 4 is 11.6 Å². The van der Waals surface area contributed by atoms with Gasteiger partial charge in [-0.3, -0.25) is 14.9 Å². The van der Waals surface area contributed by atoms with E-state index in [-0.39, 0.29) is 30.2 Å². The van der Waals surface area contributed by atoms with Crippen molar-refractivity contribution in [1.82, 2.24) is 14.5 Å². The number of hydrogen-bond acceptors (Lipinski definition) is 4. The maximum absolute atomic E-state index is 13.1. The number of nitro groups is 1. The number of amides is 1. The summed E-state index contributed by atoms with van der Waals surface area (Å²) in [6, 6.07) is 9.88. The molecule has 2 aromatic carbocycles. The lowest BCUT2D eigenvalue weighted by Crippen LogP contribution is -2.31. The maximum Gasteiger partial charge on any atom is 0.294 e. The van der Waals surface area contributed by atoms with E-state index in [0.29, 0.717) is 11.3 Å². The second kappa shape index (κ2) is 8.14. The van der Waals surface area contributed by atoms with E-state index in [9.17, 15) is 19.3 Å².